The molecule has 2 amide bonds. The second-order valence-corrected chi connectivity index (χ2v) is 10.7. The van der Waals surface area contributed by atoms with Crippen molar-refractivity contribution in [3.05, 3.63) is 93.0 Å². The zero-order valence-electron chi connectivity index (χ0n) is 18.2. The Morgan fingerprint density at radius 3 is 2.53 bits per heavy atom. The molecular formula is C24H24Cl3N3O3S. The summed E-state index contributed by atoms with van der Waals surface area (Å²) in [6.07, 6.45) is 1.01. The van der Waals surface area contributed by atoms with Crippen LogP contribution in [0.25, 0.3) is 0 Å². The Hall–Kier alpha value is -2.29. The number of benzene rings is 3. The number of quaternary nitrogens is 1. The molecule has 0 radical (unpaired) electrons. The quantitative estimate of drug-likeness (QED) is 0.434. The number of urea groups is 1. The van der Waals surface area contributed by atoms with Crippen LogP contribution in [0.4, 0.5) is 10.5 Å². The van der Waals surface area contributed by atoms with Crippen LogP contribution in [0.2, 0.25) is 10.0 Å². The van der Waals surface area contributed by atoms with E-state index >= 15 is 0 Å². The highest BCUT2D eigenvalue weighted by molar-refractivity contribution is 7.90. The van der Waals surface area contributed by atoms with E-state index in [1.807, 2.05) is 18.2 Å². The minimum atomic E-state index is -3.51. The van der Waals surface area contributed by atoms with Crippen LogP contribution in [0.15, 0.2) is 65.6 Å². The number of nitrogens with one attached hydrogen (secondary N) is 2. The number of sulfone groups is 1. The van der Waals surface area contributed by atoms with Crippen molar-refractivity contribution in [1.82, 2.24) is 5.32 Å². The summed E-state index contributed by atoms with van der Waals surface area (Å²) in [5.74, 6) is -0.0616. The molecule has 1 aliphatic heterocycles. The van der Waals surface area contributed by atoms with E-state index in [1.165, 1.54) is 23.3 Å². The third-order valence-electron chi connectivity index (χ3n) is 5.55. The fourth-order valence-corrected chi connectivity index (χ4v) is 5.52. The van der Waals surface area contributed by atoms with Gasteiger partial charge in [0.2, 0.25) is 0 Å². The van der Waals surface area contributed by atoms with Crippen molar-refractivity contribution in [2.45, 2.75) is 30.2 Å². The molecule has 0 aromatic heterocycles. The number of hydrogen-bond donors (Lipinski definition) is 3. The Balaban J connectivity index is 0.00000324. The molecule has 10 heteroatoms. The van der Waals surface area contributed by atoms with E-state index in [4.69, 9.17) is 23.2 Å². The summed E-state index contributed by atoms with van der Waals surface area (Å²) in [7, 11) is -3.51. The van der Waals surface area contributed by atoms with E-state index in [0.717, 1.165) is 25.1 Å². The zero-order chi connectivity index (χ0) is 23.4. The first-order valence-electron chi connectivity index (χ1n) is 10.5. The van der Waals surface area contributed by atoms with Crippen LogP contribution in [0.5, 0.6) is 0 Å². The summed E-state index contributed by atoms with van der Waals surface area (Å²) in [6.45, 7) is 2.16. The summed E-state index contributed by atoms with van der Waals surface area (Å²) in [6, 6.07) is 16.8. The second kappa shape index (κ2) is 11.4. The molecular weight excluding hydrogens is 517 g/mol. The molecule has 4 rings (SSSR count). The fourth-order valence-electron chi connectivity index (χ4n) is 3.80. The van der Waals surface area contributed by atoms with Crippen molar-refractivity contribution < 1.29 is 30.9 Å². The van der Waals surface area contributed by atoms with E-state index in [2.05, 4.69) is 16.0 Å². The minimum absolute atomic E-state index is 0. The number of amides is 2. The predicted molar refractivity (Wildman–Crippen MR) is 130 cm³/mol. The number of anilines is 1. The Bertz CT molecular complexity index is 1280. The smallest absolute Gasteiger partial charge is 0.319 e. The molecule has 0 unspecified atom stereocenters. The van der Waals surface area contributed by atoms with Gasteiger partial charge >= 0.3 is 6.03 Å². The minimum Gasteiger partial charge on any atom is -1.00 e. The number of hydrogen-bond acceptors (Lipinski definition) is 3. The Kier molecular flexibility index (Phi) is 8.84. The van der Waals surface area contributed by atoms with Crippen molar-refractivity contribution >= 4 is 44.8 Å². The van der Waals surface area contributed by atoms with E-state index in [9.17, 15) is 13.2 Å². The maximum atomic E-state index is 12.9. The zero-order valence-corrected chi connectivity index (χ0v) is 21.2. The molecule has 6 nitrogen and oxygen atoms in total. The van der Waals surface area contributed by atoms with Crippen LogP contribution in [-0.4, -0.2) is 21.0 Å². The van der Waals surface area contributed by atoms with Crippen LogP contribution in [0.3, 0.4) is 0 Å². The van der Waals surface area contributed by atoms with Crippen LogP contribution in [0, 0.1) is 0 Å². The first kappa shape index (κ1) is 26.3. The summed E-state index contributed by atoms with van der Waals surface area (Å²) >= 11 is 12.1. The van der Waals surface area contributed by atoms with Crippen LogP contribution < -0.4 is 28.4 Å². The summed E-state index contributed by atoms with van der Waals surface area (Å²) in [5.41, 5.74) is 4.46. The van der Waals surface area contributed by atoms with Gasteiger partial charge in [0.15, 0.2) is 9.84 Å². The molecule has 0 fully saturated rings. The maximum absolute atomic E-state index is 12.9. The third kappa shape index (κ3) is 6.43. The molecule has 0 saturated carbocycles. The molecule has 180 valence electrons. The van der Waals surface area contributed by atoms with Crippen molar-refractivity contribution in [3.63, 3.8) is 0 Å². The van der Waals surface area contributed by atoms with Gasteiger partial charge in [-0.15, -0.1) is 0 Å². The van der Waals surface area contributed by atoms with Gasteiger partial charge in [-0.3, -0.25) is 0 Å². The molecule has 0 spiro atoms. The molecule has 1 heterocycles. The highest BCUT2D eigenvalue weighted by Gasteiger charge is 2.18. The van der Waals surface area contributed by atoms with E-state index in [1.54, 1.807) is 30.3 Å². The summed E-state index contributed by atoms with van der Waals surface area (Å²) in [5, 5.41) is 8.43. The lowest BCUT2D eigenvalue weighted by molar-refractivity contribution is -0.673. The van der Waals surface area contributed by atoms with Gasteiger partial charge in [-0.2, -0.15) is 0 Å². The Labute approximate surface area is 215 Å². The van der Waals surface area contributed by atoms with Gasteiger partial charge in [0, 0.05) is 24.2 Å². The number of carbonyl (C=O) groups excluding carboxylic acids is 1. The number of rotatable bonds is 6. The van der Waals surface area contributed by atoms with Crippen LogP contribution in [-0.2, 0) is 35.1 Å². The Morgan fingerprint density at radius 1 is 1.00 bits per heavy atom. The molecule has 1 aliphatic rings. The molecule has 0 saturated heterocycles. The number of halogens is 3. The standard InChI is InChI=1S/C24H23Cl2N3O3S.ClH/c25-22-3-1-2-18(23(22)26)14-28-24(30)29-20-6-8-21(9-7-20)33(31,32)15-16-4-5-17-10-11-27-13-19(17)12-16;/h1-9,12,27H,10-11,13-15H2,(H2,28,29,30);1H. The lowest BCUT2D eigenvalue weighted by atomic mass is 9.99. The average molecular weight is 541 g/mol. The van der Waals surface area contributed by atoms with Crippen LogP contribution in [0.1, 0.15) is 22.3 Å². The van der Waals surface area contributed by atoms with Crippen LogP contribution >= 0.6 is 23.2 Å². The summed E-state index contributed by atoms with van der Waals surface area (Å²) in [4.78, 5) is 12.4. The highest BCUT2D eigenvalue weighted by atomic mass is 35.5. The molecule has 0 aliphatic carbocycles. The van der Waals surface area contributed by atoms with Gasteiger partial charge in [0.25, 0.3) is 0 Å². The Morgan fingerprint density at radius 2 is 1.76 bits per heavy atom. The van der Waals surface area contributed by atoms with Crippen molar-refractivity contribution in [1.29, 1.82) is 0 Å². The largest absolute Gasteiger partial charge is 1.00 e. The first-order chi connectivity index (χ1) is 15.8. The maximum Gasteiger partial charge on any atom is 0.319 e. The SMILES string of the molecule is O=C(NCc1cccc(Cl)c1Cl)Nc1ccc(S(=O)(=O)Cc2ccc3c(c2)C[NH2+]CC3)cc1.[Cl-]. The van der Waals surface area contributed by atoms with Crippen molar-refractivity contribution in [3.8, 4) is 0 Å². The first-order valence-corrected chi connectivity index (χ1v) is 13.0. The molecule has 3 aromatic rings. The molecule has 4 N–H and O–H groups in total. The molecule has 0 atom stereocenters. The van der Waals surface area contributed by atoms with Gasteiger partial charge in [-0.1, -0.05) is 47.5 Å². The van der Waals surface area contributed by atoms with Gasteiger partial charge in [0.05, 0.1) is 27.2 Å². The van der Waals surface area contributed by atoms with Gasteiger partial charge in [0.1, 0.15) is 6.54 Å². The van der Waals surface area contributed by atoms with Crippen molar-refractivity contribution in [2.75, 3.05) is 11.9 Å². The summed E-state index contributed by atoms with van der Waals surface area (Å²) < 4.78 is 25.8. The van der Waals surface area contributed by atoms with E-state index in [-0.39, 0.29) is 29.6 Å². The number of carbonyl (C=O) groups is 1. The highest BCUT2D eigenvalue weighted by Crippen LogP contribution is 2.25. The number of fused-ring (bicyclic) bond motifs is 1. The molecule has 0 bridgehead atoms. The van der Waals surface area contributed by atoms with Gasteiger partial charge < -0.3 is 28.4 Å². The lowest BCUT2D eigenvalue weighted by Gasteiger charge is -2.15. The van der Waals surface area contributed by atoms with Gasteiger partial charge in [-0.25, -0.2) is 13.2 Å². The van der Waals surface area contributed by atoms with E-state index in [0.29, 0.717) is 21.3 Å². The average Bonchev–Trinajstić information content (AvgIpc) is 2.80. The van der Waals surface area contributed by atoms with Crippen molar-refractivity contribution in [2.24, 2.45) is 0 Å². The second-order valence-electron chi connectivity index (χ2n) is 7.94. The lowest BCUT2D eigenvalue weighted by Crippen LogP contribution is -3.00. The van der Waals surface area contributed by atoms with Gasteiger partial charge in [-0.05, 0) is 53.1 Å². The topological polar surface area (TPSA) is 91.9 Å². The molecule has 34 heavy (non-hydrogen) atoms. The third-order valence-corrected chi connectivity index (χ3v) is 8.11. The number of nitrogens with two attached hydrogens (primary N) is 1. The van der Waals surface area contributed by atoms with E-state index < -0.39 is 15.9 Å². The molecule has 3 aromatic carbocycles. The normalized spacial score (nSPS) is 12.9. The predicted octanol–water partition coefficient (Wildman–Crippen LogP) is 0.912. The fraction of sp³-hybridized carbons (Fsp3) is 0.208. The monoisotopic (exact) mass is 539 g/mol.